The summed E-state index contributed by atoms with van der Waals surface area (Å²) in [5, 5.41) is 36.9. The van der Waals surface area contributed by atoms with E-state index in [9.17, 15) is 19.6 Å². The Balaban J connectivity index is 2.08. The lowest BCUT2D eigenvalue weighted by molar-refractivity contribution is -0.119. The second-order valence-corrected chi connectivity index (χ2v) is 6.03. The van der Waals surface area contributed by atoms with Crippen molar-refractivity contribution < 1.29 is 29.8 Å². The lowest BCUT2D eigenvalue weighted by atomic mass is 10.0. The van der Waals surface area contributed by atoms with Gasteiger partial charge in [0, 0.05) is 0 Å². The van der Waals surface area contributed by atoms with Gasteiger partial charge in [0.05, 0.1) is 6.61 Å². The molecule has 2 fully saturated rings. The first kappa shape index (κ1) is 10.2. The Labute approximate surface area is 78.8 Å². The average molecular weight is 223 g/mol. The van der Waals surface area contributed by atoms with Crippen molar-refractivity contribution in [2.45, 2.75) is 23.6 Å². The van der Waals surface area contributed by atoms with Crippen LogP contribution in [0.4, 0.5) is 0 Å². The van der Waals surface area contributed by atoms with Crippen molar-refractivity contribution >= 4 is 12.8 Å². The SMILES string of the molecule is O=C1[C@@]2([C@@H](O)[C@@H](O)[C@H](O)CO)NP12=O. The Morgan fingerprint density at radius 1 is 1.43 bits per heavy atom. The highest BCUT2D eigenvalue weighted by Crippen LogP contribution is 2.90. The molecule has 0 aromatic carbocycles. The topological polar surface area (TPSA) is 137 Å². The maximum absolute atomic E-state index is 11.2. The maximum Gasteiger partial charge on any atom is 0.244 e. The quantitative estimate of drug-likeness (QED) is 0.256. The molecule has 80 valence electrons. The Bertz CT molecular complexity index is 345. The summed E-state index contributed by atoms with van der Waals surface area (Å²) in [6, 6.07) is 0. The molecule has 0 saturated carbocycles. The summed E-state index contributed by atoms with van der Waals surface area (Å²) in [4.78, 5) is 10.9. The predicted molar refractivity (Wildman–Crippen MR) is 43.6 cm³/mol. The van der Waals surface area contributed by atoms with E-state index >= 15 is 0 Å². The van der Waals surface area contributed by atoms with Crippen molar-refractivity contribution in [1.82, 2.24) is 5.09 Å². The molecular formula is C6H10NO6P. The summed E-state index contributed by atoms with van der Waals surface area (Å²) < 4.78 is 11.2. The van der Waals surface area contributed by atoms with Crippen LogP contribution in [0.2, 0.25) is 0 Å². The van der Waals surface area contributed by atoms with E-state index in [1.807, 2.05) is 0 Å². The monoisotopic (exact) mass is 223 g/mol. The zero-order valence-electron chi connectivity index (χ0n) is 6.99. The summed E-state index contributed by atoms with van der Waals surface area (Å²) >= 11 is 0. The van der Waals surface area contributed by atoms with E-state index in [0.29, 0.717) is 0 Å². The molecule has 7 nitrogen and oxygen atoms in total. The van der Waals surface area contributed by atoms with E-state index in [4.69, 9.17) is 10.2 Å². The number of rotatable bonds is 4. The van der Waals surface area contributed by atoms with Crippen LogP contribution in [-0.2, 0) is 9.36 Å². The lowest BCUT2D eigenvalue weighted by Gasteiger charge is -2.21. The molecule has 2 aliphatic heterocycles. The van der Waals surface area contributed by atoms with Crippen LogP contribution < -0.4 is 5.09 Å². The number of carbonyl (C=O) groups is 1. The van der Waals surface area contributed by atoms with E-state index in [-0.39, 0.29) is 0 Å². The van der Waals surface area contributed by atoms with E-state index in [2.05, 4.69) is 5.09 Å². The number of carbonyl (C=O) groups excluding carboxylic acids is 1. The van der Waals surface area contributed by atoms with Gasteiger partial charge in [-0.15, -0.1) is 0 Å². The molecule has 0 radical (unpaired) electrons. The summed E-state index contributed by atoms with van der Waals surface area (Å²) in [6.45, 7) is -0.743. The number of aliphatic hydroxyl groups excluding tert-OH is 4. The van der Waals surface area contributed by atoms with Gasteiger partial charge in [0.15, 0.2) is 5.28 Å². The number of nitrogens with one attached hydrogen (secondary N) is 1. The Morgan fingerprint density at radius 3 is 2.21 bits per heavy atom. The zero-order valence-corrected chi connectivity index (χ0v) is 7.89. The van der Waals surface area contributed by atoms with Gasteiger partial charge in [-0.1, -0.05) is 0 Å². The van der Waals surface area contributed by atoms with Gasteiger partial charge in [0.25, 0.3) is 0 Å². The molecule has 0 spiro atoms. The lowest BCUT2D eigenvalue weighted by Crippen LogP contribution is -2.47. The first-order valence-corrected chi connectivity index (χ1v) is 5.72. The molecule has 0 bridgehead atoms. The van der Waals surface area contributed by atoms with Crippen molar-refractivity contribution in [2.24, 2.45) is 0 Å². The molecule has 0 aliphatic carbocycles. The molecule has 1 unspecified atom stereocenters. The fourth-order valence-corrected chi connectivity index (χ4v) is 4.05. The van der Waals surface area contributed by atoms with E-state index < -0.39 is 43.0 Å². The molecule has 0 amide bonds. The molecular weight excluding hydrogens is 213 g/mol. The van der Waals surface area contributed by atoms with Crippen LogP contribution in [0.3, 0.4) is 0 Å². The summed E-state index contributed by atoms with van der Waals surface area (Å²) in [5.74, 6) is 0. The molecule has 5 atom stereocenters. The summed E-state index contributed by atoms with van der Waals surface area (Å²) in [5.41, 5.74) is -0.610. The van der Waals surface area contributed by atoms with E-state index in [1.165, 1.54) is 0 Å². The largest absolute Gasteiger partial charge is 0.394 e. The Kier molecular flexibility index (Phi) is 1.92. The fraction of sp³-hybridized carbons (Fsp3) is 0.833. The normalized spacial score (nSPS) is 45.3. The van der Waals surface area contributed by atoms with Crippen LogP contribution in [-0.4, -0.2) is 56.1 Å². The van der Waals surface area contributed by atoms with Crippen molar-refractivity contribution in [1.29, 1.82) is 0 Å². The van der Waals surface area contributed by atoms with Crippen molar-refractivity contribution in [3.05, 3.63) is 0 Å². The number of fused-ring (bicyclic) bond motifs is 1. The summed E-state index contributed by atoms with van der Waals surface area (Å²) in [6.07, 6.45) is -4.87. The molecule has 2 rings (SSSR count). The van der Waals surface area contributed by atoms with Gasteiger partial charge >= 0.3 is 0 Å². The molecule has 5 N–H and O–H groups in total. The van der Waals surface area contributed by atoms with E-state index in [0.717, 1.165) is 0 Å². The van der Waals surface area contributed by atoms with Gasteiger partial charge < -0.3 is 20.4 Å². The van der Waals surface area contributed by atoms with Gasteiger partial charge in [-0.25, -0.2) is 5.09 Å². The molecule has 2 aliphatic rings. The number of aliphatic hydroxyl groups is 4. The third-order valence-electron chi connectivity index (χ3n) is 2.67. The summed E-state index contributed by atoms with van der Waals surface area (Å²) in [7, 11) is -3.10. The number of hydrogen-bond donors (Lipinski definition) is 5. The van der Waals surface area contributed by atoms with Gasteiger partial charge in [-0.05, 0) is 0 Å². The second kappa shape index (κ2) is 2.63. The minimum Gasteiger partial charge on any atom is -0.394 e. The third-order valence-corrected chi connectivity index (χ3v) is 5.39. The smallest absolute Gasteiger partial charge is 0.244 e. The van der Waals surface area contributed by atoms with Crippen molar-refractivity contribution in [3.63, 3.8) is 0 Å². The zero-order chi connectivity index (χ0) is 10.7. The minimum atomic E-state index is -3.10. The van der Waals surface area contributed by atoms with Crippen molar-refractivity contribution in [3.8, 4) is 0 Å². The highest BCUT2D eigenvalue weighted by molar-refractivity contribution is 8.00. The van der Waals surface area contributed by atoms with Crippen LogP contribution in [0.5, 0.6) is 0 Å². The standard InChI is InChI=1S/C6H10NO6P/c8-1-2(9)3(10)4(11)6-5(12)14(6,13)7-6/h2-4,8-11H,1H2,(H,7,13)/t2-,3+,4+,6+,14?/m1/s1. The fourth-order valence-electron chi connectivity index (χ4n) is 1.53. The van der Waals surface area contributed by atoms with Crippen LogP contribution in [0.15, 0.2) is 0 Å². The van der Waals surface area contributed by atoms with E-state index in [1.54, 1.807) is 0 Å². The predicted octanol–water partition coefficient (Wildman–Crippen LogP) is -2.82. The average Bonchev–Trinajstić information content (AvgIpc) is 2.97. The van der Waals surface area contributed by atoms with Crippen molar-refractivity contribution in [2.75, 3.05) is 6.61 Å². The van der Waals surface area contributed by atoms with Gasteiger partial charge in [-0.2, -0.15) is 0 Å². The molecule has 0 aromatic rings. The van der Waals surface area contributed by atoms with Crippen LogP contribution >= 0.6 is 7.29 Å². The Hall–Kier alpha value is -0.300. The highest BCUT2D eigenvalue weighted by Gasteiger charge is 2.96. The van der Waals surface area contributed by atoms with Crippen LogP contribution in [0.1, 0.15) is 0 Å². The van der Waals surface area contributed by atoms with Gasteiger partial charge in [0.2, 0.25) is 12.8 Å². The van der Waals surface area contributed by atoms with Gasteiger partial charge in [0.1, 0.15) is 18.3 Å². The molecule has 8 heteroatoms. The molecule has 14 heavy (non-hydrogen) atoms. The number of hydrogen-bond acceptors (Lipinski definition) is 6. The first-order valence-electron chi connectivity index (χ1n) is 4.01. The first-order chi connectivity index (χ1) is 6.41. The third kappa shape index (κ3) is 0.894. The van der Waals surface area contributed by atoms with Gasteiger partial charge in [-0.3, -0.25) is 9.36 Å². The van der Waals surface area contributed by atoms with Crippen LogP contribution in [0.25, 0.3) is 0 Å². The maximum atomic E-state index is 11.2. The molecule has 2 heterocycles. The Morgan fingerprint density at radius 2 is 1.93 bits per heavy atom. The second-order valence-electron chi connectivity index (χ2n) is 3.48. The molecule has 2 saturated heterocycles. The van der Waals surface area contributed by atoms with Crippen LogP contribution in [0, 0.1) is 0 Å². The minimum absolute atomic E-state index is 0.610. The molecule has 0 aromatic heterocycles. The highest BCUT2D eigenvalue weighted by atomic mass is 31.2.